The zero-order valence-corrected chi connectivity index (χ0v) is 7.39. The largest absolute Gasteiger partial charge is 1.00 e. The third kappa shape index (κ3) is 5.61. The van der Waals surface area contributed by atoms with Crippen molar-refractivity contribution < 1.29 is 11.0 Å². The highest BCUT2D eigenvalue weighted by Crippen LogP contribution is 1.91. The predicted molar refractivity (Wildman–Crippen MR) is 45.4 cm³/mol. The third-order valence-corrected chi connectivity index (χ3v) is 1.12. The van der Waals surface area contributed by atoms with Crippen molar-refractivity contribution in [2.75, 3.05) is 27.2 Å². The van der Waals surface area contributed by atoms with Gasteiger partial charge in [-0.3, -0.25) is 0 Å². The number of carbonyl (C=O) groups is 1. The van der Waals surface area contributed by atoms with Crippen LogP contribution in [0.2, 0.25) is 0 Å². The van der Waals surface area contributed by atoms with Gasteiger partial charge in [-0.05, 0) is 21.0 Å². The van der Waals surface area contributed by atoms with Crippen LogP contribution in [0.4, 0.5) is 0 Å². The molecule has 0 saturated heterocycles. The lowest BCUT2D eigenvalue weighted by molar-refractivity contribution is -0.139. The van der Waals surface area contributed by atoms with Gasteiger partial charge in [0, 0.05) is 12.1 Å². The summed E-state index contributed by atoms with van der Waals surface area (Å²) in [6.07, 6.45) is 0. The van der Waals surface area contributed by atoms with Crippen LogP contribution in [0.3, 0.4) is 0 Å². The molecule has 0 radical (unpaired) electrons. The molecule has 0 aliphatic carbocycles. The van der Waals surface area contributed by atoms with E-state index in [9.17, 15) is 4.79 Å². The summed E-state index contributed by atoms with van der Waals surface area (Å²) in [5, 5.41) is 0. The van der Waals surface area contributed by atoms with E-state index in [4.69, 9.17) is 4.74 Å². The molecule has 0 fully saturated rings. The molecule has 0 aromatic rings. The summed E-state index contributed by atoms with van der Waals surface area (Å²) in [6, 6.07) is 0. The lowest BCUT2D eigenvalue weighted by Gasteiger charge is -2.09. The maximum atomic E-state index is 10.8. The molecule has 0 aliphatic heterocycles. The van der Waals surface area contributed by atoms with Crippen molar-refractivity contribution in [2.24, 2.45) is 0 Å². The highest BCUT2D eigenvalue weighted by Gasteiger charge is 2.01. The van der Waals surface area contributed by atoms with E-state index < -0.39 is 0 Å². The van der Waals surface area contributed by atoms with Crippen LogP contribution in [0.25, 0.3) is 0 Å². The molecule has 0 amide bonds. The standard InChI is InChI=1S/C8H15NO2/c1-7(2)8(10)11-6-5-9(3)4/h1,5-6H2,2-4H3/p+1. The molecule has 0 unspecified atom stereocenters. The number of nitrogens with zero attached hydrogens (tertiary/aromatic N) is 1. The molecule has 3 nitrogen and oxygen atoms in total. The van der Waals surface area contributed by atoms with Crippen molar-refractivity contribution in [1.29, 1.82) is 0 Å². The van der Waals surface area contributed by atoms with Crippen molar-refractivity contribution in [3.05, 3.63) is 12.2 Å². The minimum Gasteiger partial charge on any atom is -0.461 e. The summed E-state index contributed by atoms with van der Waals surface area (Å²) in [5.74, 6) is -0.313. The van der Waals surface area contributed by atoms with E-state index in [-0.39, 0.29) is 7.40 Å². The van der Waals surface area contributed by atoms with Gasteiger partial charge in [-0.1, -0.05) is 6.58 Å². The average molecular weight is 158 g/mol. The molecule has 0 aromatic heterocycles. The molecule has 11 heavy (non-hydrogen) atoms. The first kappa shape index (κ1) is 10.2. The fourth-order valence-corrected chi connectivity index (χ4v) is 0.444. The second kappa shape index (κ2) is 4.91. The molecule has 0 bridgehead atoms. The van der Waals surface area contributed by atoms with Crippen molar-refractivity contribution in [3.63, 3.8) is 0 Å². The van der Waals surface area contributed by atoms with Crippen LogP contribution in [0, 0.1) is 0 Å². The number of hydrogen-bond acceptors (Lipinski definition) is 3. The van der Waals surface area contributed by atoms with Gasteiger partial charge in [0.1, 0.15) is 6.61 Å². The van der Waals surface area contributed by atoms with Gasteiger partial charge in [-0.25, -0.2) is 4.79 Å². The molecule has 0 saturated carbocycles. The molecule has 0 heterocycles. The smallest absolute Gasteiger partial charge is 0.461 e. The van der Waals surface area contributed by atoms with E-state index in [1.807, 2.05) is 19.0 Å². The van der Waals surface area contributed by atoms with E-state index in [1.54, 1.807) is 6.92 Å². The van der Waals surface area contributed by atoms with Gasteiger partial charge in [-0.2, -0.15) is 0 Å². The summed E-state index contributed by atoms with van der Waals surface area (Å²) in [7, 11) is 3.85. The highest BCUT2D eigenvalue weighted by atomic mass is 16.5. The zero-order chi connectivity index (χ0) is 8.85. The first-order chi connectivity index (χ1) is 5.04. The number of hydrogen-bond donors (Lipinski definition) is 0. The quantitative estimate of drug-likeness (QED) is 0.447. The topological polar surface area (TPSA) is 29.5 Å². The molecule has 0 atom stereocenters. The lowest BCUT2D eigenvalue weighted by atomic mass is 10.4. The summed E-state index contributed by atoms with van der Waals surface area (Å²) in [5.41, 5.74) is 0.448. The van der Waals surface area contributed by atoms with Crippen LogP contribution in [-0.4, -0.2) is 38.1 Å². The van der Waals surface area contributed by atoms with Crippen LogP contribution >= 0.6 is 0 Å². The maximum Gasteiger partial charge on any atom is 1.00 e. The van der Waals surface area contributed by atoms with Gasteiger partial charge >= 0.3 is 7.40 Å². The van der Waals surface area contributed by atoms with Crippen LogP contribution < -0.4 is 0 Å². The predicted octanol–water partition coefficient (Wildman–Crippen LogP) is 0.780. The van der Waals surface area contributed by atoms with Gasteiger partial charge in [0.2, 0.25) is 0 Å². The van der Waals surface area contributed by atoms with E-state index in [0.717, 1.165) is 6.54 Å². The maximum absolute atomic E-state index is 10.8. The highest BCUT2D eigenvalue weighted by molar-refractivity contribution is 5.86. The van der Waals surface area contributed by atoms with Crippen LogP contribution in [0.15, 0.2) is 12.2 Å². The minimum atomic E-state index is -0.313. The van der Waals surface area contributed by atoms with Gasteiger partial charge in [0.05, 0.1) is 0 Å². The molecule has 3 heteroatoms. The Labute approximate surface area is 69.1 Å². The first-order valence-corrected chi connectivity index (χ1v) is 3.51. The normalized spacial score (nSPS) is 9.82. The monoisotopic (exact) mass is 158 g/mol. The van der Waals surface area contributed by atoms with Gasteiger partial charge in [0.15, 0.2) is 0 Å². The molecule has 0 N–H and O–H groups in total. The second-order valence-electron chi connectivity index (χ2n) is 2.72. The summed E-state index contributed by atoms with van der Waals surface area (Å²) < 4.78 is 4.83. The van der Waals surface area contributed by atoms with E-state index in [0.29, 0.717) is 12.2 Å². The van der Waals surface area contributed by atoms with Crippen LogP contribution in [0.1, 0.15) is 8.35 Å². The van der Waals surface area contributed by atoms with Crippen molar-refractivity contribution in [3.8, 4) is 0 Å². The fourth-order valence-electron chi connectivity index (χ4n) is 0.444. The van der Waals surface area contributed by atoms with Crippen LogP contribution in [0.5, 0.6) is 0 Å². The summed E-state index contributed by atoms with van der Waals surface area (Å²) in [6.45, 7) is 6.28. The van der Waals surface area contributed by atoms with E-state index in [1.165, 1.54) is 0 Å². The zero-order valence-electron chi connectivity index (χ0n) is 8.39. The Hall–Kier alpha value is -0.830. The fraction of sp³-hybridized carbons (Fsp3) is 0.625. The van der Waals surface area contributed by atoms with E-state index in [2.05, 4.69) is 6.58 Å². The van der Waals surface area contributed by atoms with Crippen molar-refractivity contribution in [2.45, 2.75) is 6.92 Å². The van der Waals surface area contributed by atoms with Gasteiger partial charge in [0.25, 0.3) is 0 Å². The van der Waals surface area contributed by atoms with Crippen LogP contribution in [-0.2, 0) is 9.53 Å². The molecular weight excluding hydrogens is 142 g/mol. The first-order valence-electron chi connectivity index (χ1n) is 3.51. The van der Waals surface area contributed by atoms with Crippen molar-refractivity contribution in [1.82, 2.24) is 4.90 Å². The number of rotatable bonds is 4. The molecule has 0 aliphatic rings. The lowest BCUT2D eigenvalue weighted by Crippen LogP contribution is -2.20. The Morgan fingerprint density at radius 1 is 1.64 bits per heavy atom. The van der Waals surface area contributed by atoms with E-state index >= 15 is 0 Å². The summed E-state index contributed by atoms with van der Waals surface area (Å²) in [4.78, 5) is 12.7. The number of ether oxygens (including phenoxy) is 1. The second-order valence-corrected chi connectivity index (χ2v) is 2.72. The molecule has 64 valence electrons. The molecule has 0 rings (SSSR count). The Morgan fingerprint density at radius 2 is 2.18 bits per heavy atom. The van der Waals surface area contributed by atoms with Gasteiger partial charge in [-0.15, -0.1) is 0 Å². The Balaban J connectivity index is 0. The SMILES string of the molecule is C=C(C)C(=O)OCCN(C)C.[H+]. The third-order valence-electron chi connectivity index (χ3n) is 1.12. The molecule has 0 aromatic carbocycles. The number of carbonyl (C=O) groups excluding carboxylic acids is 1. The number of likely N-dealkylation sites (N-methyl/N-ethyl adjacent to an activating group) is 1. The average Bonchev–Trinajstić information content (AvgIpc) is 1.86. The molecular formula is C8H16NO2+. The Morgan fingerprint density at radius 3 is 2.55 bits per heavy atom. The van der Waals surface area contributed by atoms with Gasteiger partial charge < -0.3 is 9.64 Å². The summed E-state index contributed by atoms with van der Waals surface area (Å²) >= 11 is 0. The Bertz CT molecular complexity index is 157. The van der Waals surface area contributed by atoms with Crippen molar-refractivity contribution >= 4 is 5.97 Å². The minimum absolute atomic E-state index is 0. The number of esters is 1. The molecule has 0 spiro atoms. The Kier molecular flexibility index (Phi) is 4.54.